The molecule has 0 radical (unpaired) electrons. The van der Waals surface area contributed by atoms with Crippen LogP contribution < -0.4 is 4.90 Å². The van der Waals surface area contributed by atoms with E-state index in [-0.39, 0.29) is 11.0 Å². The van der Waals surface area contributed by atoms with Crippen LogP contribution in [0.5, 0.6) is 0 Å². The Bertz CT molecular complexity index is 474. The molecule has 0 N–H and O–H groups in total. The van der Waals surface area contributed by atoms with E-state index in [9.17, 15) is 10.1 Å². The van der Waals surface area contributed by atoms with E-state index < -0.39 is 4.92 Å². The van der Waals surface area contributed by atoms with Gasteiger partial charge in [-0.1, -0.05) is 0 Å². The van der Waals surface area contributed by atoms with Gasteiger partial charge in [0.15, 0.2) is 0 Å². The van der Waals surface area contributed by atoms with Crippen molar-refractivity contribution >= 4 is 34.9 Å². The molecule has 1 fully saturated rings. The van der Waals surface area contributed by atoms with Gasteiger partial charge in [-0.25, -0.2) is 4.98 Å². The van der Waals surface area contributed by atoms with Crippen LogP contribution in [0.25, 0.3) is 0 Å². The summed E-state index contributed by atoms with van der Waals surface area (Å²) in [5, 5.41) is 11.7. The van der Waals surface area contributed by atoms with Crippen molar-refractivity contribution in [3.05, 3.63) is 21.6 Å². The summed E-state index contributed by atoms with van der Waals surface area (Å²) in [5.74, 6) is 0.340. The van der Waals surface area contributed by atoms with E-state index in [4.69, 9.17) is 11.6 Å². The Balaban J connectivity index is 2.25. The number of rotatable bonds is 3. The molecule has 2 heterocycles. The Labute approximate surface area is 120 Å². The molecule has 1 atom stereocenters. The van der Waals surface area contributed by atoms with Crippen molar-refractivity contribution in [3.63, 3.8) is 0 Å². The number of halogens is 1. The predicted octanol–water partition coefficient (Wildman–Crippen LogP) is 2.76. The minimum atomic E-state index is -0.456. The van der Waals surface area contributed by atoms with Crippen molar-refractivity contribution in [2.45, 2.75) is 24.5 Å². The first-order valence-electron chi connectivity index (χ1n) is 6.06. The van der Waals surface area contributed by atoms with Gasteiger partial charge < -0.3 is 4.90 Å². The molecule has 1 aromatic heterocycles. The second kappa shape index (κ2) is 6.38. The Kier molecular flexibility index (Phi) is 4.81. The SMILES string of the molecule is CSC1CCCN(c2nc(Cl)ncc2[N+](=O)[O-])CC1. The highest BCUT2D eigenvalue weighted by molar-refractivity contribution is 7.99. The largest absolute Gasteiger partial charge is 0.351 e. The molecule has 0 saturated carbocycles. The normalized spacial score (nSPS) is 20.1. The van der Waals surface area contributed by atoms with Gasteiger partial charge >= 0.3 is 5.69 Å². The third kappa shape index (κ3) is 3.48. The molecule has 1 aromatic rings. The highest BCUT2D eigenvalue weighted by Crippen LogP contribution is 2.30. The summed E-state index contributed by atoms with van der Waals surface area (Å²) in [6.45, 7) is 1.53. The van der Waals surface area contributed by atoms with Crippen molar-refractivity contribution in [2.75, 3.05) is 24.2 Å². The fraction of sp³-hybridized carbons (Fsp3) is 0.636. The standard InChI is InChI=1S/C11H15ClN4O2S/c1-19-8-3-2-5-15(6-4-8)10-9(16(17)18)7-13-11(12)14-10/h7-8H,2-6H2,1H3. The number of anilines is 1. The molecule has 8 heteroatoms. The number of hydrogen-bond donors (Lipinski definition) is 0. The summed E-state index contributed by atoms with van der Waals surface area (Å²) in [6.07, 6.45) is 6.42. The molecular formula is C11H15ClN4O2S. The van der Waals surface area contributed by atoms with Crippen molar-refractivity contribution < 1.29 is 4.92 Å². The first-order valence-corrected chi connectivity index (χ1v) is 7.73. The molecule has 6 nitrogen and oxygen atoms in total. The Morgan fingerprint density at radius 3 is 3.00 bits per heavy atom. The maximum atomic E-state index is 11.0. The third-order valence-electron chi connectivity index (χ3n) is 3.23. The quantitative estimate of drug-likeness (QED) is 0.486. The average Bonchev–Trinajstić information content (AvgIpc) is 2.63. The first-order chi connectivity index (χ1) is 9.11. The van der Waals surface area contributed by atoms with Crippen LogP contribution in [0.15, 0.2) is 6.20 Å². The highest BCUT2D eigenvalue weighted by Gasteiger charge is 2.25. The number of thioether (sulfide) groups is 1. The Morgan fingerprint density at radius 2 is 2.32 bits per heavy atom. The van der Waals surface area contributed by atoms with Gasteiger partial charge in [-0.05, 0) is 37.1 Å². The molecule has 2 rings (SSSR count). The van der Waals surface area contributed by atoms with Crippen LogP contribution in [0.3, 0.4) is 0 Å². The van der Waals surface area contributed by atoms with Crippen LogP contribution in [-0.4, -0.2) is 39.5 Å². The van der Waals surface area contributed by atoms with Crippen molar-refractivity contribution in [1.29, 1.82) is 0 Å². The molecule has 19 heavy (non-hydrogen) atoms. The fourth-order valence-electron chi connectivity index (χ4n) is 2.22. The van der Waals surface area contributed by atoms with Crippen LogP contribution in [0.1, 0.15) is 19.3 Å². The first kappa shape index (κ1) is 14.3. The van der Waals surface area contributed by atoms with Crippen molar-refractivity contribution in [2.24, 2.45) is 0 Å². The lowest BCUT2D eigenvalue weighted by atomic mass is 10.2. The van der Waals surface area contributed by atoms with E-state index in [0.717, 1.165) is 32.4 Å². The average molecular weight is 303 g/mol. The topological polar surface area (TPSA) is 72.2 Å². The van der Waals surface area contributed by atoms with E-state index >= 15 is 0 Å². The third-order valence-corrected chi connectivity index (χ3v) is 4.55. The highest BCUT2D eigenvalue weighted by atomic mass is 35.5. The molecule has 0 amide bonds. The van der Waals surface area contributed by atoms with Crippen LogP contribution in [0, 0.1) is 10.1 Å². The van der Waals surface area contributed by atoms with Gasteiger partial charge in [0.2, 0.25) is 11.1 Å². The summed E-state index contributed by atoms with van der Waals surface area (Å²) in [4.78, 5) is 20.3. The molecule has 0 aliphatic carbocycles. The fourth-order valence-corrected chi connectivity index (χ4v) is 3.09. The van der Waals surface area contributed by atoms with E-state index in [0.29, 0.717) is 11.1 Å². The zero-order chi connectivity index (χ0) is 13.8. The zero-order valence-electron chi connectivity index (χ0n) is 10.6. The summed E-state index contributed by atoms with van der Waals surface area (Å²) in [6, 6.07) is 0. The number of aromatic nitrogens is 2. The number of hydrogen-bond acceptors (Lipinski definition) is 6. The number of nitro groups is 1. The lowest BCUT2D eigenvalue weighted by Crippen LogP contribution is -2.26. The summed E-state index contributed by atoms with van der Waals surface area (Å²) in [5.41, 5.74) is -0.0769. The van der Waals surface area contributed by atoms with Gasteiger partial charge in [0, 0.05) is 18.3 Å². The second-order valence-corrected chi connectivity index (χ2v) is 5.86. The molecule has 1 unspecified atom stereocenters. The van der Waals surface area contributed by atoms with Gasteiger partial charge in [-0.2, -0.15) is 16.7 Å². The van der Waals surface area contributed by atoms with Crippen LogP contribution in [0.2, 0.25) is 5.28 Å². The lowest BCUT2D eigenvalue weighted by molar-refractivity contribution is -0.384. The lowest BCUT2D eigenvalue weighted by Gasteiger charge is -2.21. The molecule has 1 aliphatic heterocycles. The van der Waals surface area contributed by atoms with Gasteiger partial charge in [-0.3, -0.25) is 10.1 Å². The Morgan fingerprint density at radius 1 is 1.53 bits per heavy atom. The maximum Gasteiger partial charge on any atom is 0.329 e. The molecular weight excluding hydrogens is 288 g/mol. The van der Waals surface area contributed by atoms with Gasteiger partial charge in [0.05, 0.1) is 4.92 Å². The van der Waals surface area contributed by atoms with Gasteiger partial charge in [0.1, 0.15) is 6.20 Å². The zero-order valence-corrected chi connectivity index (χ0v) is 12.2. The minimum Gasteiger partial charge on any atom is -0.351 e. The maximum absolute atomic E-state index is 11.0. The molecule has 1 aliphatic rings. The molecule has 0 aromatic carbocycles. The molecule has 0 spiro atoms. The smallest absolute Gasteiger partial charge is 0.329 e. The second-order valence-electron chi connectivity index (χ2n) is 4.38. The van der Waals surface area contributed by atoms with Gasteiger partial charge in [-0.15, -0.1) is 0 Å². The van der Waals surface area contributed by atoms with Crippen LogP contribution >= 0.6 is 23.4 Å². The summed E-state index contributed by atoms with van der Waals surface area (Å²) >= 11 is 7.61. The van der Waals surface area contributed by atoms with Crippen molar-refractivity contribution in [1.82, 2.24) is 9.97 Å². The van der Waals surface area contributed by atoms with E-state index in [1.165, 1.54) is 6.20 Å². The minimum absolute atomic E-state index is 0.0475. The molecule has 104 valence electrons. The number of nitrogens with zero attached hydrogens (tertiary/aromatic N) is 4. The predicted molar refractivity (Wildman–Crippen MR) is 77.1 cm³/mol. The molecule has 0 bridgehead atoms. The van der Waals surface area contributed by atoms with Crippen molar-refractivity contribution in [3.8, 4) is 0 Å². The van der Waals surface area contributed by atoms with Crippen LogP contribution in [0.4, 0.5) is 11.5 Å². The van der Waals surface area contributed by atoms with Gasteiger partial charge in [0.25, 0.3) is 0 Å². The Hall–Kier alpha value is -1.08. The summed E-state index contributed by atoms with van der Waals surface area (Å²) < 4.78 is 0. The summed E-state index contributed by atoms with van der Waals surface area (Å²) in [7, 11) is 0. The van der Waals surface area contributed by atoms with Crippen LogP contribution in [-0.2, 0) is 0 Å². The van der Waals surface area contributed by atoms with E-state index in [1.54, 1.807) is 0 Å². The van der Waals surface area contributed by atoms with E-state index in [1.807, 2.05) is 16.7 Å². The molecule has 1 saturated heterocycles. The monoisotopic (exact) mass is 302 g/mol. The van der Waals surface area contributed by atoms with E-state index in [2.05, 4.69) is 16.2 Å².